The first kappa shape index (κ1) is 12.7. The number of aromatic amines is 1. The van der Waals surface area contributed by atoms with E-state index in [1.54, 1.807) is 0 Å². The van der Waals surface area contributed by atoms with E-state index in [0.29, 0.717) is 11.2 Å². The zero-order chi connectivity index (χ0) is 14.1. The van der Waals surface area contributed by atoms with Gasteiger partial charge in [0.05, 0.1) is 17.5 Å². The molecular formula is C12H8ClF2N5. The first-order valence-electron chi connectivity index (χ1n) is 5.67. The van der Waals surface area contributed by atoms with Gasteiger partial charge in [0.2, 0.25) is 5.95 Å². The van der Waals surface area contributed by atoms with E-state index in [1.807, 2.05) is 0 Å². The van der Waals surface area contributed by atoms with Gasteiger partial charge in [0, 0.05) is 12.1 Å². The van der Waals surface area contributed by atoms with Gasteiger partial charge in [0.15, 0.2) is 5.65 Å². The summed E-state index contributed by atoms with van der Waals surface area (Å²) in [5, 5.41) is 2.60. The van der Waals surface area contributed by atoms with Crippen molar-refractivity contribution in [1.82, 2.24) is 19.9 Å². The molecule has 0 aliphatic heterocycles. The summed E-state index contributed by atoms with van der Waals surface area (Å²) < 4.78 is 27.2. The highest BCUT2D eigenvalue weighted by Crippen LogP contribution is 2.21. The van der Waals surface area contributed by atoms with Gasteiger partial charge in [-0.3, -0.25) is 0 Å². The third-order valence-electron chi connectivity index (χ3n) is 2.74. The molecule has 5 nitrogen and oxygen atoms in total. The van der Waals surface area contributed by atoms with Crippen LogP contribution in [-0.4, -0.2) is 19.9 Å². The van der Waals surface area contributed by atoms with Crippen LogP contribution in [0.1, 0.15) is 5.56 Å². The molecule has 0 saturated heterocycles. The lowest BCUT2D eigenvalue weighted by molar-refractivity contribution is 0.560. The fourth-order valence-corrected chi connectivity index (χ4v) is 1.90. The van der Waals surface area contributed by atoms with Crippen LogP contribution in [0.25, 0.3) is 11.2 Å². The predicted molar refractivity (Wildman–Crippen MR) is 70.4 cm³/mol. The molecule has 1 aromatic carbocycles. The van der Waals surface area contributed by atoms with Crippen LogP contribution in [-0.2, 0) is 6.54 Å². The maximum Gasteiger partial charge on any atom is 0.225 e. The Morgan fingerprint density at radius 2 is 2.10 bits per heavy atom. The van der Waals surface area contributed by atoms with E-state index in [1.165, 1.54) is 18.6 Å². The van der Waals surface area contributed by atoms with Crippen LogP contribution in [0, 0.1) is 11.6 Å². The molecule has 0 fully saturated rings. The number of halogens is 3. The summed E-state index contributed by atoms with van der Waals surface area (Å²) in [6.07, 6.45) is 3.02. The van der Waals surface area contributed by atoms with Crippen LogP contribution in [0.4, 0.5) is 14.7 Å². The van der Waals surface area contributed by atoms with Crippen LogP contribution < -0.4 is 5.32 Å². The molecule has 0 aliphatic rings. The first-order valence-corrected chi connectivity index (χ1v) is 6.05. The van der Waals surface area contributed by atoms with Gasteiger partial charge in [0.1, 0.15) is 17.2 Å². The lowest BCUT2D eigenvalue weighted by atomic mass is 10.2. The van der Waals surface area contributed by atoms with E-state index in [4.69, 9.17) is 11.6 Å². The summed E-state index contributed by atoms with van der Waals surface area (Å²) in [5.74, 6) is -1.25. The van der Waals surface area contributed by atoms with Crippen LogP contribution in [0.5, 0.6) is 0 Å². The Morgan fingerprint density at radius 1 is 1.25 bits per heavy atom. The number of aromatic nitrogens is 4. The van der Waals surface area contributed by atoms with Gasteiger partial charge in [-0.05, 0) is 12.1 Å². The number of benzene rings is 1. The van der Waals surface area contributed by atoms with Gasteiger partial charge >= 0.3 is 0 Å². The minimum absolute atomic E-state index is 0.117. The van der Waals surface area contributed by atoms with Crippen LogP contribution in [0.3, 0.4) is 0 Å². The van der Waals surface area contributed by atoms with E-state index in [-0.39, 0.29) is 23.1 Å². The molecule has 0 saturated carbocycles. The van der Waals surface area contributed by atoms with Crippen LogP contribution in [0.15, 0.2) is 24.7 Å². The molecule has 0 radical (unpaired) electrons. The number of hydrogen-bond acceptors (Lipinski definition) is 4. The molecule has 0 atom stereocenters. The highest BCUT2D eigenvalue weighted by molar-refractivity contribution is 6.30. The number of nitrogens with one attached hydrogen (secondary N) is 2. The average molecular weight is 296 g/mol. The second-order valence-electron chi connectivity index (χ2n) is 4.01. The molecule has 0 amide bonds. The maximum absolute atomic E-state index is 13.7. The average Bonchev–Trinajstić information content (AvgIpc) is 2.90. The lowest BCUT2D eigenvalue weighted by Gasteiger charge is -2.07. The summed E-state index contributed by atoms with van der Waals surface area (Å²) in [5.41, 5.74) is 0.980. The molecule has 20 heavy (non-hydrogen) atoms. The molecular weight excluding hydrogens is 288 g/mol. The van der Waals surface area contributed by atoms with E-state index < -0.39 is 11.6 Å². The molecule has 8 heteroatoms. The smallest absolute Gasteiger partial charge is 0.225 e. The molecule has 3 rings (SSSR count). The lowest BCUT2D eigenvalue weighted by Crippen LogP contribution is -2.07. The van der Waals surface area contributed by atoms with Gasteiger partial charge in [-0.1, -0.05) is 11.6 Å². The Bertz CT molecular complexity index is 774. The summed E-state index contributed by atoms with van der Waals surface area (Å²) in [4.78, 5) is 14.9. The van der Waals surface area contributed by atoms with Crippen molar-refractivity contribution in [3.05, 3.63) is 46.9 Å². The summed E-state index contributed by atoms with van der Waals surface area (Å²) in [6, 6.07) is 2.28. The number of imidazole rings is 1. The summed E-state index contributed by atoms with van der Waals surface area (Å²) >= 11 is 5.62. The monoisotopic (exact) mass is 295 g/mol. The van der Waals surface area contributed by atoms with Gasteiger partial charge in [-0.2, -0.15) is 4.98 Å². The Labute approximate surface area is 117 Å². The van der Waals surface area contributed by atoms with Gasteiger partial charge in [0.25, 0.3) is 0 Å². The SMILES string of the molecule is Fc1ccc(Cl)c(F)c1CNc1ncc2[nH]cnc2n1. The van der Waals surface area contributed by atoms with Crippen molar-refractivity contribution in [3.8, 4) is 0 Å². The zero-order valence-corrected chi connectivity index (χ0v) is 10.7. The fourth-order valence-electron chi connectivity index (χ4n) is 1.72. The zero-order valence-electron chi connectivity index (χ0n) is 9.99. The van der Waals surface area contributed by atoms with Crippen molar-refractivity contribution in [1.29, 1.82) is 0 Å². The van der Waals surface area contributed by atoms with E-state index >= 15 is 0 Å². The Kier molecular flexibility index (Phi) is 3.19. The molecule has 2 N–H and O–H groups in total. The van der Waals surface area contributed by atoms with Gasteiger partial charge in [-0.25, -0.2) is 18.7 Å². The first-order chi connectivity index (χ1) is 9.65. The number of fused-ring (bicyclic) bond motifs is 1. The van der Waals surface area contributed by atoms with Crippen molar-refractivity contribution >= 4 is 28.7 Å². The van der Waals surface area contributed by atoms with E-state index in [0.717, 1.165) is 6.07 Å². The van der Waals surface area contributed by atoms with Crippen LogP contribution in [0.2, 0.25) is 5.02 Å². The molecule has 0 aliphatic carbocycles. The maximum atomic E-state index is 13.7. The standard InChI is InChI=1S/C12H8ClF2N5/c13-7-1-2-8(14)6(10(7)15)3-16-12-17-4-9-11(20-12)19-5-18-9/h1-2,4-5H,3H2,(H2,16,17,18,19,20). The molecule has 0 spiro atoms. The minimum atomic E-state index is -0.792. The van der Waals surface area contributed by atoms with Gasteiger partial charge < -0.3 is 10.3 Å². The topological polar surface area (TPSA) is 66.5 Å². The molecule has 102 valence electrons. The number of H-pyrrole nitrogens is 1. The highest BCUT2D eigenvalue weighted by atomic mass is 35.5. The highest BCUT2D eigenvalue weighted by Gasteiger charge is 2.13. The molecule has 0 bridgehead atoms. The second-order valence-corrected chi connectivity index (χ2v) is 4.42. The molecule has 0 unspecified atom stereocenters. The second kappa shape index (κ2) is 5.01. The predicted octanol–water partition coefficient (Wildman–Crippen LogP) is 2.90. The van der Waals surface area contributed by atoms with Crippen molar-refractivity contribution < 1.29 is 8.78 Å². The minimum Gasteiger partial charge on any atom is -0.350 e. The molecule has 3 aromatic rings. The van der Waals surface area contributed by atoms with Crippen molar-refractivity contribution in [3.63, 3.8) is 0 Å². The van der Waals surface area contributed by atoms with Crippen molar-refractivity contribution in [2.75, 3.05) is 5.32 Å². The fraction of sp³-hybridized carbons (Fsp3) is 0.0833. The Hall–Kier alpha value is -2.28. The van der Waals surface area contributed by atoms with Crippen LogP contribution >= 0.6 is 11.6 Å². The number of rotatable bonds is 3. The number of anilines is 1. The molecule has 2 aromatic heterocycles. The van der Waals surface area contributed by atoms with Crippen molar-refractivity contribution in [2.45, 2.75) is 6.54 Å². The number of nitrogens with zero attached hydrogens (tertiary/aromatic N) is 3. The Morgan fingerprint density at radius 3 is 2.95 bits per heavy atom. The van der Waals surface area contributed by atoms with E-state index in [2.05, 4.69) is 25.3 Å². The molecule has 2 heterocycles. The quantitative estimate of drug-likeness (QED) is 0.729. The normalized spacial score (nSPS) is 10.9. The van der Waals surface area contributed by atoms with E-state index in [9.17, 15) is 8.78 Å². The largest absolute Gasteiger partial charge is 0.350 e. The third kappa shape index (κ3) is 2.27. The van der Waals surface area contributed by atoms with Gasteiger partial charge in [-0.15, -0.1) is 0 Å². The third-order valence-corrected chi connectivity index (χ3v) is 3.03. The summed E-state index contributed by atoms with van der Waals surface area (Å²) in [7, 11) is 0. The summed E-state index contributed by atoms with van der Waals surface area (Å²) in [6.45, 7) is -0.117. The van der Waals surface area contributed by atoms with Crippen molar-refractivity contribution in [2.24, 2.45) is 0 Å². The number of hydrogen-bond donors (Lipinski definition) is 2. The Balaban J connectivity index is 1.84.